The maximum absolute atomic E-state index is 14.1. The lowest BCUT2D eigenvalue weighted by Crippen LogP contribution is -2.58. The number of hydrazine groups is 2. The van der Waals surface area contributed by atoms with Crippen LogP contribution < -0.4 is 37.2 Å². The Hall–Kier alpha value is -3.80. The van der Waals surface area contributed by atoms with Crippen molar-refractivity contribution in [1.29, 1.82) is 0 Å². The monoisotopic (exact) mass is 561 g/mol. The van der Waals surface area contributed by atoms with Crippen LogP contribution in [-0.4, -0.2) is 60.9 Å². The average Bonchev–Trinajstić information content (AvgIpc) is 3.63. The van der Waals surface area contributed by atoms with Crippen LogP contribution in [0.15, 0.2) is 48.5 Å². The number of nitrogens with one attached hydrogen (secondary N) is 6. The molecule has 2 aromatic carbocycles. The van der Waals surface area contributed by atoms with E-state index in [0.717, 1.165) is 16.8 Å². The Labute approximate surface area is 240 Å². The zero-order valence-corrected chi connectivity index (χ0v) is 23.5. The fraction of sp³-hybridized carbons (Fsp3) is 0.467. The van der Waals surface area contributed by atoms with E-state index in [0.29, 0.717) is 50.8 Å². The molecule has 0 aromatic heterocycles. The van der Waals surface area contributed by atoms with Crippen LogP contribution in [0.5, 0.6) is 0 Å². The summed E-state index contributed by atoms with van der Waals surface area (Å²) in [5.74, 6) is -1.36. The molecule has 1 fully saturated rings. The van der Waals surface area contributed by atoms with E-state index < -0.39 is 18.1 Å². The Bertz CT molecular complexity index is 1280. The predicted molar refractivity (Wildman–Crippen MR) is 155 cm³/mol. The predicted octanol–water partition coefficient (Wildman–Crippen LogP) is 0.707. The van der Waals surface area contributed by atoms with Gasteiger partial charge in [-0.15, -0.1) is 0 Å². The first-order chi connectivity index (χ1) is 19.9. The third-order valence-corrected chi connectivity index (χ3v) is 8.39. The highest BCUT2D eigenvalue weighted by molar-refractivity contribution is 6.08. The van der Waals surface area contributed by atoms with Crippen molar-refractivity contribution in [2.24, 2.45) is 5.92 Å². The molecule has 6 N–H and O–H groups in total. The van der Waals surface area contributed by atoms with E-state index in [1.165, 1.54) is 0 Å². The number of hydrogen-bond donors (Lipinski definition) is 6. The maximum Gasteiger partial charge on any atom is 0.251 e. The smallest absolute Gasteiger partial charge is 0.251 e. The molecule has 0 spiro atoms. The molecule has 0 saturated carbocycles. The van der Waals surface area contributed by atoms with Gasteiger partial charge in [-0.3, -0.25) is 24.1 Å². The number of rotatable bonds is 10. The largest absolute Gasteiger partial charge is 0.353 e. The highest BCUT2D eigenvalue weighted by atomic mass is 16.2. The Balaban J connectivity index is 1.35. The summed E-state index contributed by atoms with van der Waals surface area (Å²) in [6.45, 7) is 5.03. The first-order valence-corrected chi connectivity index (χ1v) is 14.5. The van der Waals surface area contributed by atoms with Gasteiger partial charge in [0.2, 0.25) is 17.7 Å². The molecule has 1 unspecified atom stereocenters. The van der Waals surface area contributed by atoms with Gasteiger partial charge in [-0.2, -0.15) is 5.53 Å². The molecule has 4 atom stereocenters. The van der Waals surface area contributed by atoms with E-state index in [1.807, 2.05) is 38.1 Å². The number of amides is 4. The second-order valence-electron chi connectivity index (χ2n) is 10.9. The minimum Gasteiger partial charge on any atom is -0.353 e. The molecule has 1 saturated heterocycles. The fourth-order valence-electron chi connectivity index (χ4n) is 6.05. The minimum absolute atomic E-state index is 0.0262. The molecule has 218 valence electrons. The van der Waals surface area contributed by atoms with Gasteiger partial charge in [0, 0.05) is 25.1 Å². The fourth-order valence-corrected chi connectivity index (χ4v) is 6.05. The molecular formula is C30H39N7O4. The molecule has 0 radical (unpaired) electrons. The summed E-state index contributed by atoms with van der Waals surface area (Å²) in [6.07, 6.45) is 2.77. The van der Waals surface area contributed by atoms with Crippen molar-refractivity contribution in [2.45, 2.75) is 70.1 Å². The van der Waals surface area contributed by atoms with Crippen LogP contribution in [0.2, 0.25) is 0 Å². The number of nitrogens with zero attached hydrogens (tertiary/aromatic N) is 1. The Kier molecular flexibility index (Phi) is 8.96. The van der Waals surface area contributed by atoms with E-state index in [-0.39, 0.29) is 35.6 Å². The Morgan fingerprint density at radius 1 is 1.02 bits per heavy atom. The van der Waals surface area contributed by atoms with Gasteiger partial charge in [0.15, 0.2) is 0 Å². The van der Waals surface area contributed by atoms with Crippen molar-refractivity contribution in [3.8, 4) is 0 Å². The number of benzene rings is 2. The summed E-state index contributed by atoms with van der Waals surface area (Å²) < 4.78 is 0. The lowest BCUT2D eigenvalue weighted by atomic mass is 9.92. The minimum atomic E-state index is -0.827. The van der Waals surface area contributed by atoms with Crippen LogP contribution >= 0.6 is 0 Å². The zero-order valence-electron chi connectivity index (χ0n) is 23.5. The van der Waals surface area contributed by atoms with Gasteiger partial charge in [-0.05, 0) is 42.0 Å². The first-order valence-electron chi connectivity index (χ1n) is 14.5. The van der Waals surface area contributed by atoms with Gasteiger partial charge in [0.25, 0.3) is 5.91 Å². The van der Waals surface area contributed by atoms with Crippen molar-refractivity contribution < 1.29 is 19.2 Å². The average molecular weight is 562 g/mol. The lowest BCUT2D eigenvalue weighted by Gasteiger charge is -2.30. The number of carbonyl (C=O) groups is 4. The molecule has 2 aromatic rings. The van der Waals surface area contributed by atoms with Crippen LogP contribution in [0.4, 0.5) is 5.69 Å². The van der Waals surface area contributed by atoms with Crippen LogP contribution in [0, 0.1) is 5.92 Å². The van der Waals surface area contributed by atoms with E-state index in [9.17, 15) is 19.2 Å². The standard InChI is InChI=1S/C30H39N7O4/c1-3-18(4-2)25(34-27(38)20-9-6-5-7-10-20)29(40)33-23-14-13-19-11-8-12-21-15-24(37(26(19)21)30(23)41)28(39)31-16-22-17-32-36-35-22/h5-12,18,22-25,32,35-36H,3-4,13-17H2,1-2H3,(H,31,39)(H,33,40)(H,34,38)/t22?,23-,24-,25-/m0/s1. The van der Waals surface area contributed by atoms with Crippen molar-refractivity contribution in [3.63, 3.8) is 0 Å². The third-order valence-electron chi connectivity index (χ3n) is 8.39. The van der Waals surface area contributed by atoms with Gasteiger partial charge in [-0.25, -0.2) is 10.9 Å². The molecular weight excluding hydrogens is 522 g/mol. The lowest BCUT2D eigenvalue weighted by molar-refractivity contribution is -0.130. The van der Waals surface area contributed by atoms with Crippen molar-refractivity contribution in [3.05, 3.63) is 65.2 Å². The molecule has 3 heterocycles. The Morgan fingerprint density at radius 2 is 1.78 bits per heavy atom. The van der Waals surface area contributed by atoms with Gasteiger partial charge in [0.05, 0.1) is 11.7 Å². The summed E-state index contributed by atoms with van der Waals surface area (Å²) in [5, 5.41) is 8.87. The highest BCUT2D eigenvalue weighted by Gasteiger charge is 2.44. The van der Waals surface area contributed by atoms with Crippen molar-refractivity contribution in [1.82, 2.24) is 32.3 Å². The van der Waals surface area contributed by atoms with E-state index in [2.05, 4.69) is 32.3 Å². The van der Waals surface area contributed by atoms with Crippen molar-refractivity contribution >= 4 is 29.3 Å². The molecule has 5 rings (SSSR count). The maximum atomic E-state index is 14.1. The second kappa shape index (κ2) is 12.8. The number of carbonyl (C=O) groups excluding carboxylic acids is 4. The van der Waals surface area contributed by atoms with Crippen LogP contribution in [-0.2, 0) is 27.2 Å². The first kappa shape index (κ1) is 28.7. The quantitative estimate of drug-likeness (QED) is 0.251. The molecule has 0 aliphatic carbocycles. The summed E-state index contributed by atoms with van der Waals surface area (Å²) >= 11 is 0. The molecule has 3 aliphatic heterocycles. The molecule has 0 bridgehead atoms. The van der Waals surface area contributed by atoms with E-state index in [1.54, 1.807) is 29.2 Å². The van der Waals surface area contributed by atoms with Crippen LogP contribution in [0.25, 0.3) is 0 Å². The van der Waals surface area contributed by atoms with Crippen LogP contribution in [0.1, 0.15) is 54.6 Å². The van der Waals surface area contributed by atoms with E-state index in [4.69, 9.17) is 0 Å². The van der Waals surface area contributed by atoms with E-state index >= 15 is 0 Å². The number of anilines is 1. The molecule has 11 heteroatoms. The van der Waals surface area contributed by atoms with Gasteiger partial charge in [0.1, 0.15) is 18.1 Å². The number of hydrogen-bond acceptors (Lipinski definition) is 7. The second-order valence-corrected chi connectivity index (χ2v) is 10.9. The zero-order chi connectivity index (χ0) is 28.9. The molecule has 3 aliphatic rings. The third kappa shape index (κ3) is 6.12. The van der Waals surface area contributed by atoms with Gasteiger partial charge >= 0.3 is 0 Å². The molecule has 4 amide bonds. The summed E-state index contributed by atoms with van der Waals surface area (Å²) in [6, 6.07) is 12.4. The van der Waals surface area contributed by atoms with Crippen LogP contribution in [0.3, 0.4) is 0 Å². The summed E-state index contributed by atoms with van der Waals surface area (Å²) in [7, 11) is 0. The summed E-state index contributed by atoms with van der Waals surface area (Å²) in [5.41, 5.74) is 12.0. The highest BCUT2D eigenvalue weighted by Crippen LogP contribution is 2.39. The molecule has 41 heavy (non-hydrogen) atoms. The topological polar surface area (TPSA) is 144 Å². The number of para-hydroxylation sites is 1. The Morgan fingerprint density at radius 3 is 2.49 bits per heavy atom. The summed E-state index contributed by atoms with van der Waals surface area (Å²) in [4.78, 5) is 55.8. The van der Waals surface area contributed by atoms with Gasteiger partial charge < -0.3 is 16.0 Å². The number of aryl methyl sites for hydroxylation is 1. The molecule has 11 nitrogen and oxygen atoms in total. The van der Waals surface area contributed by atoms with Gasteiger partial charge in [-0.1, -0.05) is 63.1 Å². The SMILES string of the molecule is CCC(CC)[C@H](NC(=O)c1ccccc1)C(=O)N[C@H]1CCc2cccc3c2N(C1=O)[C@H](C(=O)NCC1CNNN1)C3. The normalized spacial score (nSPS) is 22.2. The van der Waals surface area contributed by atoms with Crippen molar-refractivity contribution in [2.75, 3.05) is 18.0 Å².